The first kappa shape index (κ1) is 13.1. The van der Waals surface area contributed by atoms with Gasteiger partial charge in [0.15, 0.2) is 5.82 Å². The van der Waals surface area contributed by atoms with Crippen molar-refractivity contribution in [2.75, 3.05) is 0 Å². The molecule has 2 heterocycles. The Morgan fingerprint density at radius 1 is 1.25 bits per heavy atom. The van der Waals surface area contributed by atoms with Crippen molar-refractivity contribution in [3.05, 3.63) is 52.3 Å². The Labute approximate surface area is 121 Å². The standard InChI is InChI=1S/C15H14ClN3O/c1-9-15(16)10(2)19(18-9)14-7-11(8-20)12-5-3-4-6-13(12)17-14/h3-7,20H,8H2,1-2H3. The summed E-state index contributed by atoms with van der Waals surface area (Å²) in [5.74, 6) is 0.667. The first-order valence-corrected chi connectivity index (χ1v) is 6.71. The Morgan fingerprint density at radius 2 is 2.00 bits per heavy atom. The highest BCUT2D eigenvalue weighted by atomic mass is 35.5. The van der Waals surface area contributed by atoms with Crippen molar-refractivity contribution >= 4 is 22.5 Å². The van der Waals surface area contributed by atoms with Gasteiger partial charge in [-0.25, -0.2) is 9.67 Å². The fourth-order valence-corrected chi connectivity index (χ4v) is 2.44. The predicted molar refractivity (Wildman–Crippen MR) is 79.3 cm³/mol. The maximum Gasteiger partial charge on any atom is 0.154 e. The summed E-state index contributed by atoms with van der Waals surface area (Å²) in [5, 5.41) is 15.5. The molecule has 0 bridgehead atoms. The number of para-hydroxylation sites is 1. The quantitative estimate of drug-likeness (QED) is 0.787. The number of aromatic nitrogens is 3. The highest BCUT2D eigenvalue weighted by Crippen LogP contribution is 2.24. The first-order valence-electron chi connectivity index (χ1n) is 6.33. The average Bonchev–Trinajstić information content (AvgIpc) is 2.73. The molecule has 0 aliphatic heterocycles. The van der Waals surface area contributed by atoms with Crippen molar-refractivity contribution in [2.24, 2.45) is 0 Å². The predicted octanol–water partition coefficient (Wildman–Crippen LogP) is 3.18. The van der Waals surface area contributed by atoms with Gasteiger partial charge >= 0.3 is 0 Å². The second-order valence-corrected chi connectivity index (χ2v) is 5.09. The van der Waals surface area contributed by atoms with Gasteiger partial charge in [0, 0.05) is 5.39 Å². The molecular weight excluding hydrogens is 274 g/mol. The van der Waals surface area contributed by atoms with E-state index in [0.29, 0.717) is 10.8 Å². The van der Waals surface area contributed by atoms with Gasteiger partial charge < -0.3 is 5.11 Å². The Hall–Kier alpha value is -1.91. The van der Waals surface area contributed by atoms with Gasteiger partial charge in [0.25, 0.3) is 0 Å². The molecule has 0 saturated carbocycles. The zero-order chi connectivity index (χ0) is 14.3. The molecule has 0 aliphatic carbocycles. The number of nitrogens with zero attached hydrogens (tertiary/aromatic N) is 3. The normalized spacial score (nSPS) is 11.2. The molecule has 102 valence electrons. The fraction of sp³-hybridized carbons (Fsp3) is 0.200. The number of rotatable bonds is 2. The molecule has 1 aromatic carbocycles. The Morgan fingerprint density at radius 3 is 2.65 bits per heavy atom. The van der Waals surface area contributed by atoms with Crippen LogP contribution in [-0.4, -0.2) is 19.9 Å². The number of halogens is 1. The van der Waals surface area contributed by atoms with E-state index < -0.39 is 0 Å². The number of aliphatic hydroxyl groups is 1. The summed E-state index contributed by atoms with van der Waals surface area (Å²) in [4.78, 5) is 4.60. The minimum atomic E-state index is -0.0386. The average molecular weight is 288 g/mol. The van der Waals surface area contributed by atoms with Crippen LogP contribution in [0.5, 0.6) is 0 Å². The van der Waals surface area contributed by atoms with Crippen LogP contribution in [0.4, 0.5) is 0 Å². The van der Waals surface area contributed by atoms with Gasteiger partial charge in [-0.15, -0.1) is 0 Å². The van der Waals surface area contributed by atoms with Crippen LogP contribution in [-0.2, 0) is 6.61 Å². The number of hydrogen-bond acceptors (Lipinski definition) is 3. The Balaban J connectivity index is 2.29. The summed E-state index contributed by atoms with van der Waals surface area (Å²) in [7, 11) is 0. The van der Waals surface area contributed by atoms with E-state index in [0.717, 1.165) is 27.9 Å². The molecule has 0 radical (unpaired) electrons. The van der Waals surface area contributed by atoms with Gasteiger partial charge in [0.05, 0.1) is 28.5 Å². The molecule has 20 heavy (non-hydrogen) atoms. The van der Waals surface area contributed by atoms with Crippen molar-refractivity contribution in [3.8, 4) is 5.82 Å². The third kappa shape index (κ3) is 1.97. The molecule has 0 fully saturated rings. The van der Waals surface area contributed by atoms with E-state index in [9.17, 15) is 5.11 Å². The van der Waals surface area contributed by atoms with Gasteiger partial charge in [-0.3, -0.25) is 0 Å². The van der Waals surface area contributed by atoms with Gasteiger partial charge in [0.1, 0.15) is 0 Å². The smallest absolute Gasteiger partial charge is 0.154 e. The topological polar surface area (TPSA) is 50.9 Å². The van der Waals surface area contributed by atoms with Crippen molar-refractivity contribution in [1.82, 2.24) is 14.8 Å². The van der Waals surface area contributed by atoms with E-state index >= 15 is 0 Å². The van der Waals surface area contributed by atoms with Crippen molar-refractivity contribution in [2.45, 2.75) is 20.5 Å². The first-order chi connectivity index (χ1) is 9.61. The van der Waals surface area contributed by atoms with Gasteiger partial charge in [-0.1, -0.05) is 29.8 Å². The lowest BCUT2D eigenvalue weighted by Gasteiger charge is -2.09. The Kier molecular flexibility index (Phi) is 3.20. The molecule has 0 aliphatic rings. The van der Waals surface area contributed by atoms with Gasteiger partial charge in [-0.2, -0.15) is 5.10 Å². The van der Waals surface area contributed by atoms with Crippen LogP contribution < -0.4 is 0 Å². The van der Waals surface area contributed by atoms with Crippen LogP contribution in [0.15, 0.2) is 30.3 Å². The second kappa shape index (κ2) is 4.89. The number of pyridine rings is 1. The molecular formula is C15H14ClN3O. The van der Waals surface area contributed by atoms with Crippen molar-refractivity contribution < 1.29 is 5.11 Å². The lowest BCUT2D eigenvalue weighted by atomic mass is 10.1. The van der Waals surface area contributed by atoms with E-state index in [1.54, 1.807) is 4.68 Å². The highest BCUT2D eigenvalue weighted by Gasteiger charge is 2.13. The van der Waals surface area contributed by atoms with E-state index in [1.807, 2.05) is 44.2 Å². The minimum absolute atomic E-state index is 0.0386. The highest BCUT2D eigenvalue weighted by molar-refractivity contribution is 6.31. The zero-order valence-corrected chi connectivity index (χ0v) is 12.0. The van der Waals surface area contributed by atoms with E-state index in [4.69, 9.17) is 11.6 Å². The lowest BCUT2D eigenvalue weighted by Crippen LogP contribution is -2.04. The van der Waals surface area contributed by atoms with Crippen LogP contribution in [0.2, 0.25) is 5.02 Å². The molecule has 3 aromatic rings. The maximum atomic E-state index is 9.55. The second-order valence-electron chi connectivity index (χ2n) is 4.71. The molecule has 2 aromatic heterocycles. The summed E-state index contributed by atoms with van der Waals surface area (Å²) in [6, 6.07) is 9.58. The number of aryl methyl sites for hydroxylation is 1. The van der Waals surface area contributed by atoms with Gasteiger partial charge in [0.2, 0.25) is 0 Å². The molecule has 0 amide bonds. The molecule has 1 N–H and O–H groups in total. The Bertz CT molecular complexity index is 795. The van der Waals surface area contributed by atoms with Crippen molar-refractivity contribution in [1.29, 1.82) is 0 Å². The van der Waals surface area contributed by atoms with E-state index in [-0.39, 0.29) is 6.61 Å². The number of hydrogen-bond donors (Lipinski definition) is 1. The maximum absolute atomic E-state index is 9.55. The summed E-state index contributed by atoms with van der Waals surface area (Å²) in [6.45, 7) is 3.72. The fourth-order valence-electron chi connectivity index (χ4n) is 2.32. The SMILES string of the molecule is Cc1nn(-c2cc(CO)c3ccccc3n2)c(C)c1Cl. The molecule has 4 nitrogen and oxygen atoms in total. The molecule has 3 rings (SSSR count). The largest absolute Gasteiger partial charge is 0.392 e. The molecule has 0 saturated heterocycles. The van der Waals surface area contributed by atoms with Crippen LogP contribution >= 0.6 is 11.6 Å². The third-order valence-electron chi connectivity index (χ3n) is 3.38. The van der Waals surface area contributed by atoms with Crippen LogP contribution in [0.25, 0.3) is 16.7 Å². The zero-order valence-electron chi connectivity index (χ0n) is 11.3. The molecule has 0 atom stereocenters. The van der Waals surface area contributed by atoms with Crippen LogP contribution in [0.1, 0.15) is 17.0 Å². The number of fused-ring (bicyclic) bond motifs is 1. The lowest BCUT2D eigenvalue weighted by molar-refractivity contribution is 0.283. The summed E-state index contributed by atoms with van der Waals surface area (Å²) in [6.07, 6.45) is 0. The molecule has 0 unspecified atom stereocenters. The molecule has 0 spiro atoms. The van der Waals surface area contributed by atoms with Crippen LogP contribution in [0, 0.1) is 13.8 Å². The van der Waals surface area contributed by atoms with Crippen molar-refractivity contribution in [3.63, 3.8) is 0 Å². The van der Waals surface area contributed by atoms with E-state index in [1.165, 1.54) is 0 Å². The summed E-state index contributed by atoms with van der Waals surface area (Å²) in [5.41, 5.74) is 3.27. The molecule has 5 heteroatoms. The third-order valence-corrected chi connectivity index (χ3v) is 3.93. The summed E-state index contributed by atoms with van der Waals surface area (Å²) >= 11 is 6.18. The summed E-state index contributed by atoms with van der Waals surface area (Å²) < 4.78 is 1.71. The monoisotopic (exact) mass is 287 g/mol. The number of aliphatic hydroxyl groups excluding tert-OH is 1. The van der Waals surface area contributed by atoms with Crippen LogP contribution in [0.3, 0.4) is 0 Å². The van der Waals surface area contributed by atoms with Gasteiger partial charge in [-0.05, 0) is 31.5 Å². The van der Waals surface area contributed by atoms with E-state index in [2.05, 4.69) is 10.1 Å². The minimum Gasteiger partial charge on any atom is -0.392 e. The number of benzene rings is 1.